The number of nitrogens with zero attached hydrogens (tertiary/aromatic N) is 3. The van der Waals surface area contributed by atoms with Crippen LogP contribution in [-0.4, -0.2) is 12.1 Å². The van der Waals surface area contributed by atoms with Crippen molar-refractivity contribution in [1.82, 2.24) is 10.6 Å². The Morgan fingerprint density at radius 2 is 2.15 bits per heavy atom. The van der Waals surface area contributed by atoms with Crippen molar-refractivity contribution in [2.45, 2.75) is 38.8 Å². The fraction of sp³-hybridized carbons (Fsp3) is 0.429. The van der Waals surface area contributed by atoms with Crippen LogP contribution in [0.5, 0.6) is 0 Å². The number of urea groups is 1. The SMILES string of the molecule is [CH2][C@@H](CCCC)NC(=O)NCc1ccc(N=[N+]=[N-])cc1. The van der Waals surface area contributed by atoms with Gasteiger partial charge in [-0.1, -0.05) is 49.1 Å². The number of benzene rings is 1. The standard InChI is InChI=1S/C14H20N5O/c1-3-4-5-11(2)17-14(20)16-10-12-6-8-13(9-7-12)18-19-15/h6-9,11H,2-5,10H2,1H3,(H2,16,17,20)/t11-/m0/s1. The van der Waals surface area contributed by atoms with Crippen LogP contribution in [0.1, 0.15) is 31.7 Å². The Kier molecular flexibility index (Phi) is 7.00. The summed E-state index contributed by atoms with van der Waals surface area (Å²) in [7, 11) is 0. The molecule has 0 unspecified atom stereocenters. The van der Waals surface area contributed by atoms with Crippen molar-refractivity contribution in [2.75, 3.05) is 0 Å². The lowest BCUT2D eigenvalue weighted by Gasteiger charge is -2.14. The van der Waals surface area contributed by atoms with E-state index in [4.69, 9.17) is 5.53 Å². The van der Waals surface area contributed by atoms with Crippen molar-refractivity contribution >= 4 is 11.7 Å². The Morgan fingerprint density at radius 1 is 1.45 bits per heavy atom. The van der Waals surface area contributed by atoms with Crippen molar-refractivity contribution in [3.8, 4) is 0 Å². The van der Waals surface area contributed by atoms with E-state index >= 15 is 0 Å². The van der Waals surface area contributed by atoms with Crippen LogP contribution in [0.2, 0.25) is 0 Å². The van der Waals surface area contributed by atoms with Gasteiger partial charge in [0.15, 0.2) is 0 Å². The molecule has 6 heteroatoms. The Labute approximate surface area is 119 Å². The largest absolute Gasteiger partial charge is 0.335 e. The summed E-state index contributed by atoms with van der Waals surface area (Å²) in [4.78, 5) is 14.3. The molecule has 0 aromatic heterocycles. The maximum atomic E-state index is 11.6. The summed E-state index contributed by atoms with van der Waals surface area (Å²) < 4.78 is 0. The van der Waals surface area contributed by atoms with E-state index in [1.165, 1.54) is 0 Å². The van der Waals surface area contributed by atoms with Gasteiger partial charge in [0.25, 0.3) is 0 Å². The second-order valence-electron chi connectivity index (χ2n) is 4.52. The van der Waals surface area contributed by atoms with Crippen LogP contribution in [0.3, 0.4) is 0 Å². The maximum absolute atomic E-state index is 11.6. The summed E-state index contributed by atoms with van der Waals surface area (Å²) in [5, 5.41) is 9.04. The Morgan fingerprint density at radius 3 is 2.75 bits per heavy atom. The molecule has 2 amide bonds. The molecule has 20 heavy (non-hydrogen) atoms. The van der Waals surface area contributed by atoms with E-state index in [0.29, 0.717) is 12.2 Å². The highest BCUT2D eigenvalue weighted by molar-refractivity contribution is 5.74. The van der Waals surface area contributed by atoms with E-state index in [0.717, 1.165) is 24.8 Å². The number of nitrogens with one attached hydrogen (secondary N) is 2. The molecular weight excluding hydrogens is 254 g/mol. The van der Waals surface area contributed by atoms with Gasteiger partial charge in [-0.15, -0.1) is 0 Å². The van der Waals surface area contributed by atoms with Crippen LogP contribution in [0.4, 0.5) is 10.5 Å². The van der Waals surface area contributed by atoms with Crippen LogP contribution in [-0.2, 0) is 6.54 Å². The second kappa shape index (κ2) is 8.82. The highest BCUT2D eigenvalue weighted by Crippen LogP contribution is 2.12. The summed E-state index contributed by atoms with van der Waals surface area (Å²) in [6, 6.07) is 6.74. The molecule has 1 rings (SSSR count). The normalized spacial score (nSPS) is 11.3. The van der Waals surface area contributed by atoms with Gasteiger partial charge < -0.3 is 10.6 Å². The molecule has 0 spiro atoms. The minimum Gasteiger partial charge on any atom is -0.335 e. The molecular formula is C14H20N5O. The minimum atomic E-state index is -0.222. The molecule has 6 nitrogen and oxygen atoms in total. The Balaban J connectivity index is 2.35. The predicted molar refractivity (Wildman–Crippen MR) is 79.3 cm³/mol. The van der Waals surface area contributed by atoms with Gasteiger partial charge >= 0.3 is 6.03 Å². The average Bonchev–Trinajstić information content (AvgIpc) is 2.45. The third-order valence-corrected chi connectivity index (χ3v) is 2.79. The molecule has 0 heterocycles. The van der Waals surface area contributed by atoms with Crippen molar-refractivity contribution in [1.29, 1.82) is 0 Å². The first-order valence-corrected chi connectivity index (χ1v) is 6.67. The van der Waals surface area contributed by atoms with Crippen LogP contribution < -0.4 is 10.6 Å². The first-order chi connectivity index (χ1) is 9.65. The van der Waals surface area contributed by atoms with Crippen molar-refractivity contribution in [2.24, 2.45) is 5.11 Å². The smallest absolute Gasteiger partial charge is 0.315 e. The molecule has 0 bridgehead atoms. The number of hydrogen-bond donors (Lipinski definition) is 2. The molecule has 1 aromatic rings. The molecule has 1 aromatic carbocycles. The van der Waals surface area contributed by atoms with E-state index in [9.17, 15) is 4.79 Å². The quantitative estimate of drug-likeness (QED) is 0.441. The highest BCUT2D eigenvalue weighted by atomic mass is 16.2. The van der Waals surface area contributed by atoms with Gasteiger partial charge in [-0.2, -0.15) is 0 Å². The molecule has 0 fully saturated rings. The lowest BCUT2D eigenvalue weighted by Crippen LogP contribution is -2.40. The molecule has 1 atom stereocenters. The lowest BCUT2D eigenvalue weighted by atomic mass is 10.1. The van der Waals surface area contributed by atoms with E-state index in [1.54, 1.807) is 12.1 Å². The van der Waals surface area contributed by atoms with E-state index in [1.807, 2.05) is 12.1 Å². The van der Waals surface area contributed by atoms with Crippen molar-refractivity contribution in [3.05, 3.63) is 47.2 Å². The lowest BCUT2D eigenvalue weighted by molar-refractivity contribution is 0.237. The molecule has 2 N–H and O–H groups in total. The van der Waals surface area contributed by atoms with Gasteiger partial charge in [0.05, 0.1) is 0 Å². The summed E-state index contributed by atoms with van der Waals surface area (Å²) in [5.74, 6) is 0. The highest BCUT2D eigenvalue weighted by Gasteiger charge is 2.06. The molecule has 0 aliphatic carbocycles. The van der Waals surface area contributed by atoms with Gasteiger partial charge in [0.2, 0.25) is 0 Å². The first-order valence-electron chi connectivity index (χ1n) is 6.67. The monoisotopic (exact) mass is 274 g/mol. The number of amides is 2. The van der Waals surface area contributed by atoms with Gasteiger partial charge in [0.1, 0.15) is 0 Å². The number of azide groups is 1. The van der Waals surface area contributed by atoms with Crippen LogP contribution in [0.25, 0.3) is 10.4 Å². The van der Waals surface area contributed by atoms with Crippen LogP contribution >= 0.6 is 0 Å². The molecule has 0 saturated carbocycles. The summed E-state index contributed by atoms with van der Waals surface area (Å²) in [5.41, 5.74) is 9.79. The van der Waals surface area contributed by atoms with E-state index in [-0.39, 0.29) is 12.1 Å². The van der Waals surface area contributed by atoms with Gasteiger partial charge in [0, 0.05) is 23.2 Å². The third kappa shape index (κ3) is 6.11. The predicted octanol–water partition coefficient (Wildman–Crippen LogP) is 3.82. The molecule has 0 aliphatic rings. The zero-order valence-corrected chi connectivity index (χ0v) is 11.7. The minimum absolute atomic E-state index is 0.0673. The Bertz CT molecular complexity index is 465. The summed E-state index contributed by atoms with van der Waals surface area (Å²) in [6.45, 7) is 6.41. The van der Waals surface area contributed by atoms with Crippen molar-refractivity contribution in [3.63, 3.8) is 0 Å². The number of carbonyl (C=O) groups is 1. The zero-order chi connectivity index (χ0) is 14.8. The van der Waals surface area contributed by atoms with Crippen LogP contribution in [0, 0.1) is 6.92 Å². The van der Waals surface area contributed by atoms with Gasteiger partial charge in [-0.25, -0.2) is 4.79 Å². The fourth-order valence-electron chi connectivity index (χ4n) is 1.67. The number of hydrogen-bond acceptors (Lipinski definition) is 2. The molecule has 1 radical (unpaired) electrons. The average molecular weight is 274 g/mol. The summed E-state index contributed by atoms with van der Waals surface area (Å²) in [6.07, 6.45) is 3.02. The zero-order valence-electron chi connectivity index (χ0n) is 11.7. The fourth-order valence-corrected chi connectivity index (χ4v) is 1.67. The molecule has 0 aliphatic heterocycles. The first kappa shape index (κ1) is 15.9. The number of unbranched alkanes of at least 4 members (excludes halogenated alkanes) is 1. The third-order valence-electron chi connectivity index (χ3n) is 2.79. The molecule has 107 valence electrons. The van der Waals surface area contributed by atoms with Crippen molar-refractivity contribution < 1.29 is 4.79 Å². The van der Waals surface area contributed by atoms with Crippen LogP contribution in [0.15, 0.2) is 29.4 Å². The van der Waals surface area contributed by atoms with E-state index < -0.39 is 0 Å². The maximum Gasteiger partial charge on any atom is 0.315 e. The summed E-state index contributed by atoms with van der Waals surface area (Å²) >= 11 is 0. The number of carbonyl (C=O) groups excluding carboxylic acids is 1. The Hall–Kier alpha value is -2.20. The van der Waals surface area contributed by atoms with E-state index in [2.05, 4.69) is 34.5 Å². The van der Waals surface area contributed by atoms with Gasteiger partial charge in [-0.3, -0.25) is 0 Å². The van der Waals surface area contributed by atoms with Gasteiger partial charge in [-0.05, 0) is 24.4 Å². The topological polar surface area (TPSA) is 89.9 Å². The second-order valence-corrected chi connectivity index (χ2v) is 4.52. The number of rotatable bonds is 7. The molecule has 0 saturated heterocycles.